The Morgan fingerprint density at radius 2 is 2.09 bits per heavy atom. The number of nitrogens with two attached hydrogens (primary N) is 1. The molecule has 0 fully saturated rings. The van der Waals surface area contributed by atoms with Crippen LogP contribution in [-0.4, -0.2) is 35.4 Å². The molecule has 0 unspecified atom stereocenters. The summed E-state index contributed by atoms with van der Waals surface area (Å²) in [4.78, 5) is 34.6. The van der Waals surface area contributed by atoms with Crippen molar-refractivity contribution in [2.24, 2.45) is 11.7 Å². The monoisotopic (exact) mass is 323 g/mol. The highest BCUT2D eigenvalue weighted by molar-refractivity contribution is 5.97. The van der Waals surface area contributed by atoms with E-state index in [4.69, 9.17) is 10.2 Å². The lowest BCUT2D eigenvalue weighted by Crippen LogP contribution is -2.48. The maximum atomic E-state index is 11.7. The van der Waals surface area contributed by atoms with E-state index in [1.807, 2.05) is 13.8 Å². The summed E-state index contributed by atoms with van der Waals surface area (Å²) in [7, 11) is 0. The zero-order valence-electron chi connectivity index (χ0n) is 13.0. The van der Waals surface area contributed by atoms with Crippen LogP contribution in [0.5, 0.6) is 0 Å². The first-order valence-electron chi connectivity index (χ1n) is 7.10. The summed E-state index contributed by atoms with van der Waals surface area (Å²) in [6, 6.07) is 2.36. The van der Waals surface area contributed by atoms with Crippen molar-refractivity contribution >= 4 is 23.8 Å². The molecule has 8 heteroatoms. The number of nitrogens with one attached hydrogen (secondary N) is 2. The number of rotatable bonds is 8. The van der Waals surface area contributed by atoms with Gasteiger partial charge in [-0.2, -0.15) is 0 Å². The molecule has 0 saturated carbocycles. The predicted octanol–water partition coefficient (Wildman–Crippen LogP) is 0.311. The molecule has 0 aliphatic carbocycles. The van der Waals surface area contributed by atoms with Crippen LogP contribution in [0.25, 0.3) is 6.08 Å². The van der Waals surface area contributed by atoms with Gasteiger partial charge in [-0.25, -0.2) is 0 Å². The number of furan rings is 1. The highest BCUT2D eigenvalue weighted by Gasteiger charge is 2.19. The van der Waals surface area contributed by atoms with Crippen molar-refractivity contribution < 1.29 is 23.9 Å². The van der Waals surface area contributed by atoms with Crippen LogP contribution in [0.3, 0.4) is 0 Å². The van der Waals surface area contributed by atoms with Gasteiger partial charge in [0.15, 0.2) is 5.76 Å². The molecule has 8 nitrogen and oxygen atoms in total. The predicted molar refractivity (Wildman–Crippen MR) is 82.9 cm³/mol. The molecule has 0 saturated heterocycles. The van der Waals surface area contributed by atoms with E-state index in [9.17, 15) is 19.5 Å². The van der Waals surface area contributed by atoms with Gasteiger partial charge < -0.3 is 25.9 Å². The smallest absolute Gasteiger partial charge is 0.286 e. The molecule has 0 spiro atoms. The first-order chi connectivity index (χ1) is 10.8. The van der Waals surface area contributed by atoms with E-state index in [0.717, 1.165) is 6.08 Å². The van der Waals surface area contributed by atoms with Crippen molar-refractivity contribution in [2.45, 2.75) is 26.3 Å². The van der Waals surface area contributed by atoms with E-state index in [1.54, 1.807) is 12.1 Å². The topological polar surface area (TPSA) is 135 Å². The summed E-state index contributed by atoms with van der Waals surface area (Å²) in [6.07, 6.45) is 2.92. The molecule has 1 aromatic rings. The maximum Gasteiger partial charge on any atom is 0.286 e. The van der Waals surface area contributed by atoms with E-state index in [0.29, 0.717) is 12.2 Å². The Hall–Kier alpha value is -2.77. The maximum absolute atomic E-state index is 11.7. The zero-order valence-corrected chi connectivity index (χ0v) is 13.0. The third-order valence-electron chi connectivity index (χ3n) is 2.85. The normalized spacial score (nSPS) is 12.7. The molecule has 0 bridgehead atoms. The fraction of sp³-hybridized carbons (Fsp3) is 0.400. The van der Waals surface area contributed by atoms with Crippen LogP contribution in [-0.2, 0) is 14.4 Å². The lowest BCUT2D eigenvalue weighted by molar-refractivity contribution is -0.128. The van der Waals surface area contributed by atoms with Gasteiger partial charge in [0.05, 0.1) is 12.8 Å². The first kappa shape index (κ1) is 18.3. The van der Waals surface area contributed by atoms with Gasteiger partial charge in [-0.15, -0.1) is 0 Å². The molecule has 1 heterocycles. The minimum atomic E-state index is -0.837. The molecular formula is C15H21N3O5. The van der Waals surface area contributed by atoms with E-state index >= 15 is 0 Å². The SMILES string of the molecule is CC(C)C[C@H](NC(=O)CNC(=O)C(O)=Cc1ccco1)C(N)=O. The summed E-state index contributed by atoms with van der Waals surface area (Å²) in [5, 5.41) is 14.2. The number of carbonyl (C=O) groups excluding carboxylic acids is 3. The van der Waals surface area contributed by atoms with Gasteiger partial charge in [-0.05, 0) is 24.5 Å². The van der Waals surface area contributed by atoms with Gasteiger partial charge >= 0.3 is 0 Å². The van der Waals surface area contributed by atoms with Crippen molar-refractivity contribution in [1.82, 2.24) is 10.6 Å². The number of carbonyl (C=O) groups is 3. The number of hydrogen-bond acceptors (Lipinski definition) is 5. The van der Waals surface area contributed by atoms with Crippen LogP contribution in [0.4, 0.5) is 0 Å². The summed E-state index contributed by atoms with van der Waals surface area (Å²) < 4.78 is 4.95. The molecular weight excluding hydrogens is 302 g/mol. The number of primary amides is 1. The van der Waals surface area contributed by atoms with Gasteiger partial charge in [0.2, 0.25) is 11.8 Å². The second-order valence-electron chi connectivity index (χ2n) is 5.38. The van der Waals surface area contributed by atoms with Crippen LogP contribution in [0.2, 0.25) is 0 Å². The van der Waals surface area contributed by atoms with E-state index in [1.165, 1.54) is 6.26 Å². The van der Waals surface area contributed by atoms with Crippen LogP contribution in [0.15, 0.2) is 28.6 Å². The fourth-order valence-electron chi connectivity index (χ4n) is 1.79. The highest BCUT2D eigenvalue weighted by Crippen LogP contribution is 2.06. The van der Waals surface area contributed by atoms with E-state index in [-0.39, 0.29) is 5.92 Å². The summed E-state index contributed by atoms with van der Waals surface area (Å²) in [5.74, 6) is -2.18. The number of aliphatic hydroxyl groups excluding tert-OH is 1. The molecule has 1 atom stereocenters. The van der Waals surface area contributed by atoms with Crippen molar-refractivity contribution in [3.8, 4) is 0 Å². The minimum absolute atomic E-state index is 0.169. The van der Waals surface area contributed by atoms with E-state index in [2.05, 4.69) is 10.6 Å². The van der Waals surface area contributed by atoms with Gasteiger partial charge in [-0.1, -0.05) is 13.8 Å². The Morgan fingerprint density at radius 1 is 1.39 bits per heavy atom. The summed E-state index contributed by atoms with van der Waals surface area (Å²) >= 11 is 0. The number of hydrogen-bond donors (Lipinski definition) is 4. The van der Waals surface area contributed by atoms with Crippen LogP contribution in [0.1, 0.15) is 26.0 Å². The Bertz CT molecular complexity index is 578. The number of aliphatic hydroxyl groups is 1. The molecule has 5 N–H and O–H groups in total. The Balaban J connectivity index is 2.48. The average molecular weight is 323 g/mol. The second kappa shape index (κ2) is 8.62. The third kappa shape index (κ3) is 6.68. The Labute approximate surface area is 133 Å². The molecule has 0 aliphatic rings. The molecule has 3 amide bonds. The molecule has 1 rings (SSSR count). The van der Waals surface area contributed by atoms with Crippen LogP contribution < -0.4 is 16.4 Å². The van der Waals surface area contributed by atoms with Gasteiger partial charge in [0, 0.05) is 6.08 Å². The highest BCUT2D eigenvalue weighted by atomic mass is 16.3. The third-order valence-corrected chi connectivity index (χ3v) is 2.85. The van der Waals surface area contributed by atoms with Crippen molar-refractivity contribution in [2.75, 3.05) is 6.54 Å². The average Bonchev–Trinajstić information content (AvgIpc) is 2.96. The largest absolute Gasteiger partial charge is 0.503 e. The molecule has 0 aliphatic heterocycles. The van der Waals surface area contributed by atoms with Gasteiger partial charge in [0.25, 0.3) is 5.91 Å². The first-order valence-corrected chi connectivity index (χ1v) is 7.10. The minimum Gasteiger partial charge on any atom is -0.503 e. The quantitative estimate of drug-likeness (QED) is 0.403. The molecule has 0 radical (unpaired) electrons. The lowest BCUT2D eigenvalue weighted by atomic mass is 10.0. The van der Waals surface area contributed by atoms with Crippen molar-refractivity contribution in [1.29, 1.82) is 0 Å². The molecule has 0 aromatic carbocycles. The van der Waals surface area contributed by atoms with E-state index < -0.39 is 36.1 Å². The number of amides is 3. The van der Waals surface area contributed by atoms with Crippen LogP contribution >= 0.6 is 0 Å². The van der Waals surface area contributed by atoms with Gasteiger partial charge in [0.1, 0.15) is 11.8 Å². The van der Waals surface area contributed by atoms with Crippen molar-refractivity contribution in [3.05, 3.63) is 29.9 Å². The molecule has 23 heavy (non-hydrogen) atoms. The zero-order chi connectivity index (χ0) is 17.4. The molecule has 1 aromatic heterocycles. The Morgan fingerprint density at radius 3 is 2.61 bits per heavy atom. The standard InChI is InChI=1S/C15H21N3O5/c1-9(2)6-11(14(16)21)18-13(20)8-17-15(22)12(19)7-10-4-3-5-23-10/h3-5,7,9,11,19H,6,8H2,1-2H3,(H2,16,21)(H,17,22)(H,18,20)/t11-/m0/s1. The molecule has 126 valence electrons. The van der Waals surface area contributed by atoms with Gasteiger partial charge in [-0.3, -0.25) is 14.4 Å². The summed E-state index contributed by atoms with van der Waals surface area (Å²) in [5.41, 5.74) is 5.21. The van der Waals surface area contributed by atoms with Crippen LogP contribution in [0, 0.1) is 5.92 Å². The second-order valence-corrected chi connectivity index (χ2v) is 5.38. The van der Waals surface area contributed by atoms with Crippen molar-refractivity contribution in [3.63, 3.8) is 0 Å². The lowest BCUT2D eigenvalue weighted by Gasteiger charge is -2.17. The summed E-state index contributed by atoms with van der Waals surface area (Å²) in [6.45, 7) is 3.39. The fourth-order valence-corrected chi connectivity index (χ4v) is 1.79. The Kier molecular flexibility index (Phi) is 6.85.